The molecule has 10 nitrogen and oxygen atoms in total. The molecule has 3 heterocycles. The van der Waals surface area contributed by atoms with Crippen LogP contribution >= 0.6 is 0 Å². The number of ether oxygens (including phenoxy) is 1. The number of carbonyl (C=O) groups excluding carboxylic acids is 3. The third kappa shape index (κ3) is 6.17. The Bertz CT molecular complexity index is 1910. The Labute approximate surface area is 257 Å². The van der Waals surface area contributed by atoms with Crippen molar-refractivity contribution >= 4 is 39.0 Å². The zero-order valence-electron chi connectivity index (χ0n) is 24.2. The van der Waals surface area contributed by atoms with E-state index < -0.39 is 45.7 Å². The fraction of sp³-hybridized carbons (Fsp3) is 0.312. The third-order valence-corrected chi connectivity index (χ3v) is 9.85. The molecule has 2 aromatic carbocycles. The number of fused-ring (bicyclic) bond motifs is 1. The predicted octanol–water partition coefficient (Wildman–Crippen LogP) is 5.85. The van der Waals surface area contributed by atoms with E-state index in [9.17, 15) is 27.2 Å². The summed E-state index contributed by atoms with van der Waals surface area (Å²) in [6.07, 6.45) is 3.25. The Balaban J connectivity index is 1.24. The molecule has 2 amide bonds. The summed E-state index contributed by atoms with van der Waals surface area (Å²) in [5.74, 6) is -2.40. The Morgan fingerprint density at radius 3 is 2.49 bits per heavy atom. The minimum absolute atomic E-state index is 0.0310. The molecule has 13 heteroatoms. The Morgan fingerprint density at radius 2 is 1.76 bits per heavy atom. The maximum absolute atomic E-state index is 15.1. The Kier molecular flexibility index (Phi) is 8.12. The summed E-state index contributed by atoms with van der Waals surface area (Å²) in [7, 11) is -4.09. The number of imide groups is 1. The zero-order chi connectivity index (χ0) is 31.9. The van der Waals surface area contributed by atoms with Crippen LogP contribution < -0.4 is 0 Å². The van der Waals surface area contributed by atoms with Crippen LogP contribution in [0.2, 0.25) is 0 Å². The number of hydroxylamine groups is 2. The summed E-state index contributed by atoms with van der Waals surface area (Å²) in [6, 6.07) is 11.9. The third-order valence-electron chi connectivity index (χ3n) is 8.19. The number of hydrogen-bond acceptors (Lipinski definition) is 8. The van der Waals surface area contributed by atoms with Gasteiger partial charge >= 0.3 is 6.16 Å². The maximum atomic E-state index is 15.1. The molecule has 6 rings (SSSR count). The highest BCUT2D eigenvalue weighted by Gasteiger charge is 2.35. The largest absolute Gasteiger partial charge is 0.534 e. The van der Waals surface area contributed by atoms with Gasteiger partial charge in [-0.05, 0) is 86.4 Å². The highest BCUT2D eigenvalue weighted by atomic mass is 32.2. The number of aromatic nitrogens is 2. The quantitative estimate of drug-likeness (QED) is 0.183. The molecule has 1 saturated heterocycles. The molecule has 1 aliphatic heterocycles. The molecule has 0 unspecified atom stereocenters. The number of benzene rings is 2. The van der Waals surface area contributed by atoms with Crippen molar-refractivity contribution in [1.29, 1.82) is 0 Å². The molecular weight excluding hydrogens is 608 g/mol. The van der Waals surface area contributed by atoms with E-state index in [4.69, 9.17) is 9.57 Å². The normalized spacial score (nSPS) is 18.9. The van der Waals surface area contributed by atoms with Crippen LogP contribution in [-0.4, -0.2) is 46.5 Å². The van der Waals surface area contributed by atoms with E-state index in [0.29, 0.717) is 47.4 Å². The first kappa shape index (κ1) is 30.4. The summed E-state index contributed by atoms with van der Waals surface area (Å²) < 4.78 is 63.1. The summed E-state index contributed by atoms with van der Waals surface area (Å²) >= 11 is 0. The maximum Gasteiger partial charge on any atom is 0.534 e. The highest BCUT2D eigenvalue weighted by Crippen LogP contribution is 2.35. The number of hydrogen-bond donors (Lipinski definition) is 0. The highest BCUT2D eigenvalue weighted by molar-refractivity contribution is 7.90. The first-order valence-electron chi connectivity index (χ1n) is 14.5. The first-order valence-corrected chi connectivity index (χ1v) is 16.0. The monoisotopic (exact) mass is 637 g/mol. The standard InChI is InChI=1S/C32H29F2N3O7S/c1-19-5-8-25(9-6-19)45(41,42)36-18-27(26-16-23(33)17-35-31(26)36)21-7-10-28(34)22(15-21)13-20-3-2-4-24(14-20)43-32(40)44-37-29(38)11-12-30(37)39/h5-10,15-18,20,24H,2-4,11-14H2,1H3/t20-,24-/m1/s1. The van der Waals surface area contributed by atoms with Gasteiger partial charge in [0.2, 0.25) is 0 Å². The van der Waals surface area contributed by atoms with E-state index in [-0.39, 0.29) is 34.7 Å². The van der Waals surface area contributed by atoms with Crippen LogP contribution in [0.1, 0.15) is 49.7 Å². The summed E-state index contributed by atoms with van der Waals surface area (Å²) in [6.45, 7) is 1.84. The minimum atomic E-state index is -4.09. The number of amides is 2. The van der Waals surface area contributed by atoms with Crippen LogP contribution in [0.5, 0.6) is 0 Å². The van der Waals surface area contributed by atoms with Crippen molar-refractivity contribution in [2.45, 2.75) is 62.9 Å². The van der Waals surface area contributed by atoms with Gasteiger partial charge in [0, 0.05) is 30.0 Å². The van der Waals surface area contributed by atoms with Gasteiger partial charge in [-0.15, -0.1) is 0 Å². The fourth-order valence-electron chi connectivity index (χ4n) is 5.92. The molecule has 0 bridgehead atoms. The lowest BCUT2D eigenvalue weighted by molar-refractivity contribution is -0.179. The van der Waals surface area contributed by atoms with Gasteiger partial charge in [-0.3, -0.25) is 14.4 Å². The molecule has 1 aliphatic carbocycles. The second-order valence-electron chi connectivity index (χ2n) is 11.4. The van der Waals surface area contributed by atoms with Gasteiger partial charge in [0.1, 0.15) is 17.7 Å². The van der Waals surface area contributed by atoms with Crippen molar-refractivity contribution in [3.63, 3.8) is 0 Å². The Morgan fingerprint density at radius 1 is 1.02 bits per heavy atom. The van der Waals surface area contributed by atoms with E-state index in [1.807, 2.05) is 6.92 Å². The molecule has 2 atom stereocenters. The molecule has 2 aromatic heterocycles. The van der Waals surface area contributed by atoms with E-state index in [1.54, 1.807) is 18.2 Å². The lowest BCUT2D eigenvalue weighted by Crippen LogP contribution is -2.34. The van der Waals surface area contributed by atoms with Gasteiger partial charge in [0.05, 0.1) is 11.1 Å². The lowest BCUT2D eigenvalue weighted by atomic mass is 9.82. The topological polar surface area (TPSA) is 125 Å². The number of carbonyl (C=O) groups is 3. The van der Waals surface area contributed by atoms with Gasteiger partial charge in [-0.1, -0.05) is 28.8 Å². The molecule has 0 N–H and O–H groups in total. The lowest BCUT2D eigenvalue weighted by Gasteiger charge is -2.29. The molecule has 2 aliphatic rings. The molecule has 2 fully saturated rings. The van der Waals surface area contributed by atoms with Crippen LogP contribution in [0.4, 0.5) is 13.6 Å². The van der Waals surface area contributed by atoms with Crippen LogP contribution in [0.15, 0.2) is 65.8 Å². The summed E-state index contributed by atoms with van der Waals surface area (Å²) in [5.41, 5.74) is 2.13. The molecule has 234 valence electrons. The van der Waals surface area contributed by atoms with Crippen LogP contribution in [-0.2, 0) is 35.6 Å². The van der Waals surface area contributed by atoms with E-state index in [1.165, 1.54) is 36.5 Å². The van der Waals surface area contributed by atoms with Crippen molar-refractivity contribution in [1.82, 2.24) is 14.0 Å². The SMILES string of the molecule is Cc1ccc(S(=O)(=O)n2cc(-c3ccc(F)c(C[C@H]4CCC[C@@H](OC(=O)ON5C(=O)CCC5=O)C4)c3)c3cc(F)cnc32)cc1. The fourth-order valence-corrected chi connectivity index (χ4v) is 7.25. The molecular formula is C32H29F2N3O7S. The molecule has 1 saturated carbocycles. The minimum Gasteiger partial charge on any atom is -0.429 e. The molecule has 0 spiro atoms. The zero-order valence-corrected chi connectivity index (χ0v) is 25.1. The van der Waals surface area contributed by atoms with Crippen molar-refractivity contribution in [3.8, 4) is 11.1 Å². The van der Waals surface area contributed by atoms with Crippen LogP contribution in [0.25, 0.3) is 22.2 Å². The van der Waals surface area contributed by atoms with Crippen molar-refractivity contribution in [3.05, 3.63) is 83.7 Å². The van der Waals surface area contributed by atoms with Crippen LogP contribution in [0.3, 0.4) is 0 Å². The van der Waals surface area contributed by atoms with Gasteiger partial charge < -0.3 is 4.74 Å². The molecule has 45 heavy (non-hydrogen) atoms. The van der Waals surface area contributed by atoms with Gasteiger partial charge in [-0.2, -0.15) is 0 Å². The number of aryl methyl sites for hydroxylation is 1. The van der Waals surface area contributed by atoms with Crippen molar-refractivity contribution < 1.29 is 41.2 Å². The second kappa shape index (κ2) is 12.0. The van der Waals surface area contributed by atoms with Gasteiger partial charge in [0.25, 0.3) is 21.8 Å². The van der Waals surface area contributed by atoms with Crippen molar-refractivity contribution in [2.75, 3.05) is 0 Å². The average molecular weight is 638 g/mol. The number of rotatable bonds is 7. The van der Waals surface area contributed by atoms with Gasteiger partial charge in [-0.25, -0.2) is 30.9 Å². The van der Waals surface area contributed by atoms with Crippen LogP contribution in [0, 0.1) is 24.5 Å². The summed E-state index contributed by atoms with van der Waals surface area (Å²) in [5, 5.41) is 0.677. The smallest absolute Gasteiger partial charge is 0.429 e. The first-order chi connectivity index (χ1) is 21.5. The average Bonchev–Trinajstić information content (AvgIpc) is 3.54. The molecule has 4 aromatic rings. The van der Waals surface area contributed by atoms with E-state index in [2.05, 4.69) is 4.98 Å². The predicted molar refractivity (Wildman–Crippen MR) is 157 cm³/mol. The second-order valence-corrected chi connectivity index (χ2v) is 13.2. The molecule has 0 radical (unpaired) electrons. The number of pyridine rings is 1. The van der Waals surface area contributed by atoms with Gasteiger partial charge in [0.15, 0.2) is 5.65 Å². The van der Waals surface area contributed by atoms with E-state index >= 15 is 4.39 Å². The number of nitrogens with zero attached hydrogens (tertiary/aromatic N) is 3. The Hall–Kier alpha value is -4.65. The van der Waals surface area contributed by atoms with E-state index in [0.717, 1.165) is 22.2 Å². The summed E-state index contributed by atoms with van der Waals surface area (Å²) in [4.78, 5) is 44.7. The number of halogens is 2. The van der Waals surface area contributed by atoms with Crippen molar-refractivity contribution in [2.24, 2.45) is 5.92 Å².